The second-order valence-electron chi connectivity index (χ2n) is 3.64. The van der Waals surface area contributed by atoms with Crippen LogP contribution >= 0.6 is 0 Å². The first-order valence-corrected chi connectivity index (χ1v) is 5.70. The number of hydrogen-bond donors (Lipinski definition) is 0. The van der Waals surface area contributed by atoms with E-state index in [1.54, 1.807) is 0 Å². The molecular formula is C13H20O. The van der Waals surface area contributed by atoms with Gasteiger partial charge in [0.1, 0.15) is 6.10 Å². The Kier molecular flexibility index (Phi) is 6.19. The molecule has 1 heterocycles. The summed E-state index contributed by atoms with van der Waals surface area (Å²) in [5.41, 5.74) is 0. The highest BCUT2D eigenvalue weighted by Gasteiger charge is 2.02. The summed E-state index contributed by atoms with van der Waals surface area (Å²) in [5, 5.41) is 0. The largest absolute Gasteiger partial charge is 0.361 e. The summed E-state index contributed by atoms with van der Waals surface area (Å²) in [6.45, 7) is 3.05. The summed E-state index contributed by atoms with van der Waals surface area (Å²) < 4.78 is 5.45. The van der Waals surface area contributed by atoms with Crippen molar-refractivity contribution in [1.82, 2.24) is 0 Å². The topological polar surface area (TPSA) is 9.23 Å². The van der Waals surface area contributed by atoms with Crippen molar-refractivity contribution in [2.24, 2.45) is 0 Å². The monoisotopic (exact) mass is 192 g/mol. The minimum absolute atomic E-state index is 0.0647. The van der Waals surface area contributed by atoms with E-state index in [1.165, 1.54) is 25.7 Å². The summed E-state index contributed by atoms with van der Waals surface area (Å²) in [4.78, 5) is 0. The Morgan fingerprint density at radius 3 is 3.00 bits per heavy atom. The Labute approximate surface area is 87.5 Å². The molecule has 0 radical (unpaired) electrons. The molecule has 14 heavy (non-hydrogen) atoms. The number of rotatable bonds is 4. The first-order valence-electron chi connectivity index (χ1n) is 5.70. The third-order valence-electron chi connectivity index (χ3n) is 2.29. The van der Waals surface area contributed by atoms with Gasteiger partial charge in [0.15, 0.2) is 0 Å². The molecule has 78 valence electrons. The molecule has 1 nitrogen and oxygen atoms in total. The fourth-order valence-electron chi connectivity index (χ4n) is 1.44. The fraction of sp³-hybridized carbons (Fsp3) is 0.692. The zero-order valence-corrected chi connectivity index (χ0v) is 9.09. The molecule has 1 aliphatic heterocycles. The molecular weight excluding hydrogens is 172 g/mol. The highest BCUT2D eigenvalue weighted by atomic mass is 16.5. The van der Waals surface area contributed by atoms with E-state index in [0.717, 1.165) is 19.4 Å². The van der Waals surface area contributed by atoms with E-state index in [4.69, 9.17) is 4.74 Å². The van der Waals surface area contributed by atoms with Crippen molar-refractivity contribution in [2.75, 3.05) is 6.61 Å². The van der Waals surface area contributed by atoms with Crippen molar-refractivity contribution in [3.63, 3.8) is 0 Å². The maximum Gasteiger partial charge on any atom is 0.136 e. The molecule has 0 saturated heterocycles. The first kappa shape index (κ1) is 11.3. The Morgan fingerprint density at radius 2 is 2.29 bits per heavy atom. The molecule has 1 rings (SSSR count). The summed E-state index contributed by atoms with van der Waals surface area (Å²) >= 11 is 0. The first-order chi connectivity index (χ1) is 6.93. The average Bonchev–Trinajstić information content (AvgIpc) is 2.25. The van der Waals surface area contributed by atoms with Gasteiger partial charge in [-0.25, -0.2) is 0 Å². The van der Waals surface area contributed by atoms with Crippen molar-refractivity contribution in [3.05, 3.63) is 12.2 Å². The number of hydrogen-bond acceptors (Lipinski definition) is 1. The van der Waals surface area contributed by atoms with Gasteiger partial charge in [0.25, 0.3) is 0 Å². The summed E-state index contributed by atoms with van der Waals surface area (Å²) in [6.07, 6.45) is 11.5. The molecule has 0 amide bonds. The third-order valence-corrected chi connectivity index (χ3v) is 2.29. The van der Waals surface area contributed by atoms with E-state index in [1.807, 2.05) is 0 Å². The summed E-state index contributed by atoms with van der Waals surface area (Å²) in [5.74, 6) is 6.33. The second kappa shape index (κ2) is 7.64. The smallest absolute Gasteiger partial charge is 0.136 e. The Balaban J connectivity index is 2.07. The third kappa shape index (κ3) is 5.09. The summed E-state index contributed by atoms with van der Waals surface area (Å²) in [6, 6.07) is 0. The minimum Gasteiger partial charge on any atom is -0.361 e. The molecule has 0 bridgehead atoms. The maximum atomic E-state index is 5.45. The van der Waals surface area contributed by atoms with Crippen LogP contribution < -0.4 is 0 Å². The van der Waals surface area contributed by atoms with Crippen LogP contribution in [0.25, 0.3) is 0 Å². The zero-order valence-electron chi connectivity index (χ0n) is 9.09. The Morgan fingerprint density at radius 1 is 1.36 bits per heavy atom. The molecule has 1 aliphatic rings. The fourth-order valence-corrected chi connectivity index (χ4v) is 1.44. The molecule has 0 aliphatic carbocycles. The van der Waals surface area contributed by atoms with Crippen LogP contribution in [0.1, 0.15) is 45.4 Å². The van der Waals surface area contributed by atoms with E-state index < -0.39 is 0 Å². The van der Waals surface area contributed by atoms with Crippen LogP contribution in [0.15, 0.2) is 12.2 Å². The van der Waals surface area contributed by atoms with Gasteiger partial charge in [-0.3, -0.25) is 0 Å². The van der Waals surface area contributed by atoms with Crippen LogP contribution in [-0.2, 0) is 4.74 Å². The molecule has 1 atom stereocenters. The lowest BCUT2D eigenvalue weighted by Gasteiger charge is -2.10. The molecule has 0 aromatic heterocycles. The van der Waals surface area contributed by atoms with Gasteiger partial charge in [-0.05, 0) is 18.9 Å². The summed E-state index contributed by atoms with van der Waals surface area (Å²) in [7, 11) is 0. The standard InChI is InChI=1S/C13H20O/c1-2-3-4-5-6-7-10-13-11-8-9-12-14-13/h8,11,13H,2-6,9,12H2,1H3. The lowest BCUT2D eigenvalue weighted by atomic mass is 10.1. The zero-order chi connectivity index (χ0) is 10.1. The van der Waals surface area contributed by atoms with Crippen molar-refractivity contribution >= 4 is 0 Å². The number of ether oxygens (including phenoxy) is 1. The molecule has 0 spiro atoms. The molecule has 0 aromatic carbocycles. The van der Waals surface area contributed by atoms with Gasteiger partial charge in [0.2, 0.25) is 0 Å². The highest BCUT2D eigenvalue weighted by Crippen LogP contribution is 2.04. The van der Waals surface area contributed by atoms with Crippen molar-refractivity contribution in [3.8, 4) is 11.8 Å². The SMILES string of the molecule is CCCCCCC#CC1C=CCCO1. The van der Waals surface area contributed by atoms with Gasteiger partial charge in [0.05, 0.1) is 6.61 Å². The van der Waals surface area contributed by atoms with Crippen LogP contribution in [0.3, 0.4) is 0 Å². The van der Waals surface area contributed by atoms with E-state index in [0.29, 0.717) is 0 Å². The van der Waals surface area contributed by atoms with Gasteiger partial charge >= 0.3 is 0 Å². The molecule has 0 fully saturated rings. The van der Waals surface area contributed by atoms with E-state index in [2.05, 4.69) is 30.9 Å². The van der Waals surface area contributed by atoms with Gasteiger partial charge in [-0.15, -0.1) is 5.92 Å². The predicted octanol–water partition coefficient (Wildman–Crippen LogP) is 3.31. The van der Waals surface area contributed by atoms with Gasteiger partial charge in [-0.1, -0.05) is 38.2 Å². The van der Waals surface area contributed by atoms with Crippen LogP contribution in [0.2, 0.25) is 0 Å². The van der Waals surface area contributed by atoms with Crippen molar-refractivity contribution < 1.29 is 4.74 Å². The number of unbranched alkanes of at least 4 members (excludes halogenated alkanes) is 4. The van der Waals surface area contributed by atoms with Gasteiger partial charge in [-0.2, -0.15) is 0 Å². The van der Waals surface area contributed by atoms with Crippen LogP contribution in [0, 0.1) is 11.8 Å². The van der Waals surface area contributed by atoms with E-state index >= 15 is 0 Å². The van der Waals surface area contributed by atoms with Crippen molar-refractivity contribution in [1.29, 1.82) is 0 Å². The van der Waals surface area contributed by atoms with Crippen LogP contribution in [0.4, 0.5) is 0 Å². The maximum absolute atomic E-state index is 5.45. The Hall–Kier alpha value is -0.740. The van der Waals surface area contributed by atoms with Crippen LogP contribution in [0.5, 0.6) is 0 Å². The van der Waals surface area contributed by atoms with Crippen LogP contribution in [-0.4, -0.2) is 12.7 Å². The minimum atomic E-state index is 0.0647. The Bertz CT molecular complexity index is 219. The van der Waals surface area contributed by atoms with E-state index in [-0.39, 0.29) is 6.10 Å². The second-order valence-corrected chi connectivity index (χ2v) is 3.64. The molecule has 0 aromatic rings. The normalized spacial score (nSPS) is 20.2. The lowest BCUT2D eigenvalue weighted by molar-refractivity contribution is 0.116. The lowest BCUT2D eigenvalue weighted by Crippen LogP contribution is -2.11. The molecule has 1 heteroatoms. The van der Waals surface area contributed by atoms with Gasteiger partial charge in [0, 0.05) is 6.42 Å². The quantitative estimate of drug-likeness (QED) is 0.377. The molecule has 0 saturated carbocycles. The van der Waals surface area contributed by atoms with Gasteiger partial charge < -0.3 is 4.74 Å². The predicted molar refractivity (Wildman–Crippen MR) is 60.0 cm³/mol. The average molecular weight is 192 g/mol. The molecule has 0 N–H and O–H groups in total. The molecule has 1 unspecified atom stereocenters. The highest BCUT2D eigenvalue weighted by molar-refractivity contribution is 5.14. The van der Waals surface area contributed by atoms with E-state index in [9.17, 15) is 0 Å². The van der Waals surface area contributed by atoms with Crippen molar-refractivity contribution in [2.45, 2.75) is 51.6 Å².